The van der Waals surface area contributed by atoms with E-state index in [0.717, 1.165) is 19.4 Å². The Morgan fingerprint density at radius 1 is 1.67 bits per heavy atom. The molecule has 0 bridgehead atoms. The van der Waals surface area contributed by atoms with E-state index in [0.29, 0.717) is 5.03 Å². The van der Waals surface area contributed by atoms with E-state index in [-0.39, 0.29) is 0 Å². The van der Waals surface area contributed by atoms with Gasteiger partial charge in [0, 0.05) is 5.03 Å². The van der Waals surface area contributed by atoms with Crippen LogP contribution < -0.4 is 5.73 Å². The molecule has 0 aliphatic carbocycles. The topological polar surface area (TPSA) is 26.0 Å². The average Bonchev–Trinajstić information content (AvgIpc) is 1.89. The van der Waals surface area contributed by atoms with Crippen molar-refractivity contribution in [1.29, 1.82) is 0 Å². The predicted octanol–water partition coefficient (Wildman–Crippen LogP) is 2.03. The number of allylic oxidation sites excluding steroid dienone is 3. The molecule has 52 valence electrons. The van der Waals surface area contributed by atoms with Crippen LogP contribution in [0.25, 0.3) is 0 Å². The van der Waals surface area contributed by atoms with Crippen molar-refractivity contribution >= 4 is 11.6 Å². The molecule has 0 radical (unpaired) electrons. The fourth-order valence-electron chi connectivity index (χ4n) is 0.441. The van der Waals surface area contributed by atoms with Crippen molar-refractivity contribution in [1.82, 2.24) is 0 Å². The van der Waals surface area contributed by atoms with Gasteiger partial charge in [-0.3, -0.25) is 0 Å². The van der Waals surface area contributed by atoms with Crippen LogP contribution in [0, 0.1) is 0 Å². The highest BCUT2D eigenvalue weighted by Crippen LogP contribution is 2.03. The van der Waals surface area contributed by atoms with Gasteiger partial charge in [-0.25, -0.2) is 0 Å². The lowest BCUT2D eigenvalue weighted by molar-refractivity contribution is 0.854. The summed E-state index contributed by atoms with van der Waals surface area (Å²) in [5.41, 5.74) is 5.26. The van der Waals surface area contributed by atoms with E-state index >= 15 is 0 Å². The molecule has 0 aromatic rings. The lowest BCUT2D eigenvalue weighted by Gasteiger charge is -1.88. The van der Waals surface area contributed by atoms with Gasteiger partial charge in [0.1, 0.15) is 0 Å². The molecule has 0 atom stereocenters. The molecule has 0 unspecified atom stereocenters. The maximum Gasteiger partial charge on any atom is 0.0360 e. The van der Waals surface area contributed by atoms with Gasteiger partial charge in [0.25, 0.3) is 0 Å². The third kappa shape index (κ3) is 5.60. The summed E-state index contributed by atoms with van der Waals surface area (Å²) < 4.78 is 0. The van der Waals surface area contributed by atoms with E-state index in [1.54, 1.807) is 6.08 Å². The van der Waals surface area contributed by atoms with E-state index in [2.05, 4.69) is 6.58 Å². The van der Waals surface area contributed by atoms with Crippen LogP contribution in [0.2, 0.25) is 0 Å². The summed E-state index contributed by atoms with van der Waals surface area (Å²) >= 11 is 5.60. The van der Waals surface area contributed by atoms with Crippen molar-refractivity contribution in [3.63, 3.8) is 0 Å². The van der Waals surface area contributed by atoms with Gasteiger partial charge in [-0.05, 0) is 19.4 Å². The Hall–Kier alpha value is -0.270. The lowest BCUT2D eigenvalue weighted by Crippen LogP contribution is -1.96. The second-order valence-corrected chi connectivity index (χ2v) is 2.16. The van der Waals surface area contributed by atoms with Crippen LogP contribution in [0.4, 0.5) is 0 Å². The minimum Gasteiger partial charge on any atom is -0.330 e. The molecule has 2 N–H and O–H groups in total. The maximum atomic E-state index is 5.60. The van der Waals surface area contributed by atoms with E-state index < -0.39 is 0 Å². The highest BCUT2D eigenvalue weighted by molar-refractivity contribution is 6.31. The van der Waals surface area contributed by atoms with Gasteiger partial charge in [0.15, 0.2) is 0 Å². The van der Waals surface area contributed by atoms with Gasteiger partial charge in [0.05, 0.1) is 0 Å². The highest BCUT2D eigenvalue weighted by Gasteiger charge is 1.81. The molecule has 9 heavy (non-hydrogen) atoms. The Labute approximate surface area is 61.2 Å². The standard InChI is InChI=1S/C7H12ClN/c1-2-7(8)5-3-4-6-9/h2,5H,1,3-4,6,9H2/b7-5+. The first-order valence-electron chi connectivity index (χ1n) is 2.99. The second kappa shape index (κ2) is 5.86. The Kier molecular flexibility index (Phi) is 5.68. The van der Waals surface area contributed by atoms with E-state index in [1.807, 2.05) is 6.08 Å². The highest BCUT2D eigenvalue weighted by atomic mass is 35.5. The summed E-state index contributed by atoms with van der Waals surface area (Å²) in [6.45, 7) is 4.23. The van der Waals surface area contributed by atoms with Gasteiger partial charge < -0.3 is 5.73 Å². The summed E-state index contributed by atoms with van der Waals surface area (Å²) in [7, 11) is 0. The van der Waals surface area contributed by atoms with Gasteiger partial charge in [0.2, 0.25) is 0 Å². The summed E-state index contributed by atoms with van der Waals surface area (Å²) in [5.74, 6) is 0. The first-order valence-corrected chi connectivity index (χ1v) is 3.37. The molecule has 0 fully saturated rings. The number of hydrogen-bond acceptors (Lipinski definition) is 1. The van der Waals surface area contributed by atoms with Crippen LogP contribution in [-0.4, -0.2) is 6.54 Å². The van der Waals surface area contributed by atoms with Crippen LogP contribution >= 0.6 is 11.6 Å². The summed E-state index contributed by atoms with van der Waals surface area (Å²) in [6.07, 6.45) is 5.48. The molecule has 0 heterocycles. The molecule has 0 aliphatic rings. The maximum absolute atomic E-state index is 5.60. The van der Waals surface area contributed by atoms with Crippen LogP contribution in [0.5, 0.6) is 0 Å². The van der Waals surface area contributed by atoms with Crippen molar-refractivity contribution in [2.45, 2.75) is 12.8 Å². The molecule has 1 nitrogen and oxygen atoms in total. The zero-order chi connectivity index (χ0) is 7.11. The molecular weight excluding hydrogens is 134 g/mol. The Morgan fingerprint density at radius 2 is 2.33 bits per heavy atom. The SMILES string of the molecule is C=C/C(Cl)=C\CCCN. The molecule has 0 saturated carbocycles. The third-order valence-electron chi connectivity index (χ3n) is 0.943. The Bertz CT molecular complexity index is 107. The third-order valence-corrected chi connectivity index (χ3v) is 1.25. The van der Waals surface area contributed by atoms with Gasteiger partial charge in [-0.2, -0.15) is 0 Å². The fourth-order valence-corrected chi connectivity index (χ4v) is 0.550. The number of unbranched alkanes of at least 4 members (excludes halogenated alkanes) is 1. The molecule has 0 aliphatic heterocycles. The van der Waals surface area contributed by atoms with Crippen LogP contribution in [0.3, 0.4) is 0 Å². The van der Waals surface area contributed by atoms with Crippen molar-refractivity contribution in [2.24, 2.45) is 5.73 Å². The zero-order valence-electron chi connectivity index (χ0n) is 5.44. The summed E-state index contributed by atoms with van der Waals surface area (Å²) in [5, 5.41) is 0.712. The molecule has 0 aromatic heterocycles. The van der Waals surface area contributed by atoms with Gasteiger partial charge >= 0.3 is 0 Å². The number of hydrogen-bond donors (Lipinski definition) is 1. The second-order valence-electron chi connectivity index (χ2n) is 1.72. The van der Waals surface area contributed by atoms with E-state index in [4.69, 9.17) is 17.3 Å². The number of rotatable bonds is 4. The monoisotopic (exact) mass is 145 g/mol. The first-order chi connectivity index (χ1) is 4.31. The lowest BCUT2D eigenvalue weighted by atomic mass is 10.3. The van der Waals surface area contributed by atoms with Crippen LogP contribution in [0.1, 0.15) is 12.8 Å². The Balaban J connectivity index is 3.31. The molecule has 0 amide bonds. The number of nitrogens with two attached hydrogens (primary N) is 1. The van der Waals surface area contributed by atoms with Crippen molar-refractivity contribution in [2.75, 3.05) is 6.54 Å². The van der Waals surface area contributed by atoms with Crippen molar-refractivity contribution in [3.05, 3.63) is 23.8 Å². The molecule has 0 aromatic carbocycles. The average molecular weight is 146 g/mol. The smallest absolute Gasteiger partial charge is 0.0360 e. The molecular formula is C7H12ClN. The van der Waals surface area contributed by atoms with Crippen molar-refractivity contribution < 1.29 is 0 Å². The predicted molar refractivity (Wildman–Crippen MR) is 42.4 cm³/mol. The summed E-state index contributed by atoms with van der Waals surface area (Å²) in [4.78, 5) is 0. The zero-order valence-corrected chi connectivity index (χ0v) is 6.19. The quantitative estimate of drug-likeness (QED) is 0.476. The van der Waals surface area contributed by atoms with Crippen LogP contribution in [-0.2, 0) is 0 Å². The van der Waals surface area contributed by atoms with E-state index in [9.17, 15) is 0 Å². The van der Waals surface area contributed by atoms with Crippen LogP contribution in [0.15, 0.2) is 23.8 Å². The van der Waals surface area contributed by atoms with Gasteiger partial charge in [-0.15, -0.1) is 0 Å². The minimum atomic E-state index is 0.712. The van der Waals surface area contributed by atoms with Crippen molar-refractivity contribution in [3.8, 4) is 0 Å². The molecule has 0 spiro atoms. The summed E-state index contributed by atoms with van der Waals surface area (Å²) in [6, 6.07) is 0. The largest absolute Gasteiger partial charge is 0.330 e. The molecule has 2 heteroatoms. The molecule has 0 saturated heterocycles. The fraction of sp³-hybridized carbons (Fsp3) is 0.429. The normalized spacial score (nSPS) is 11.6. The van der Waals surface area contributed by atoms with E-state index in [1.165, 1.54) is 0 Å². The Morgan fingerprint density at radius 3 is 2.78 bits per heavy atom. The molecule has 0 rings (SSSR count). The van der Waals surface area contributed by atoms with Gasteiger partial charge in [-0.1, -0.05) is 30.3 Å². The first kappa shape index (κ1) is 8.73. The number of halogens is 1. The minimum absolute atomic E-state index is 0.712.